The highest BCUT2D eigenvalue weighted by Gasteiger charge is 2.50. The van der Waals surface area contributed by atoms with Crippen LogP contribution in [0.3, 0.4) is 0 Å². The average Bonchev–Trinajstić information content (AvgIpc) is 3.04. The SMILES string of the molecule is CCCNC(=O)CSC1=NC2C(C(=O)N(Cc3ccc(C)cc3)C(=O)N2C)N1C. The second-order valence-corrected chi connectivity index (χ2v) is 8.27. The van der Waals surface area contributed by atoms with Gasteiger partial charge in [0, 0.05) is 20.6 Å². The average molecular weight is 418 g/mol. The first kappa shape index (κ1) is 21.2. The van der Waals surface area contributed by atoms with Crippen LogP contribution < -0.4 is 5.32 Å². The highest BCUT2D eigenvalue weighted by molar-refractivity contribution is 8.14. The molecule has 2 aliphatic rings. The first-order valence-corrected chi connectivity index (χ1v) is 10.7. The number of amidine groups is 1. The molecule has 2 aliphatic heterocycles. The molecule has 1 aromatic carbocycles. The van der Waals surface area contributed by atoms with E-state index < -0.39 is 12.2 Å². The normalized spacial score (nSPS) is 21.4. The number of nitrogens with one attached hydrogen (secondary N) is 1. The van der Waals surface area contributed by atoms with Crippen LogP contribution in [0.4, 0.5) is 4.79 Å². The lowest BCUT2D eigenvalue weighted by Crippen LogP contribution is -2.64. The number of imide groups is 1. The van der Waals surface area contributed by atoms with Crippen molar-refractivity contribution >= 4 is 34.8 Å². The van der Waals surface area contributed by atoms with Gasteiger partial charge in [-0.3, -0.25) is 14.5 Å². The summed E-state index contributed by atoms with van der Waals surface area (Å²) >= 11 is 1.28. The summed E-state index contributed by atoms with van der Waals surface area (Å²) in [7, 11) is 3.44. The molecule has 9 heteroatoms. The zero-order valence-electron chi connectivity index (χ0n) is 17.2. The highest BCUT2D eigenvalue weighted by atomic mass is 32.2. The number of carbonyl (C=O) groups is 3. The molecule has 2 unspecified atom stereocenters. The van der Waals surface area contributed by atoms with Gasteiger partial charge >= 0.3 is 6.03 Å². The Morgan fingerprint density at radius 2 is 1.86 bits per heavy atom. The van der Waals surface area contributed by atoms with Crippen LogP contribution in [0.1, 0.15) is 24.5 Å². The fraction of sp³-hybridized carbons (Fsp3) is 0.500. The Labute approximate surface area is 175 Å². The highest BCUT2D eigenvalue weighted by Crippen LogP contribution is 2.30. The number of amides is 4. The van der Waals surface area contributed by atoms with Crippen molar-refractivity contribution in [3.63, 3.8) is 0 Å². The molecule has 1 aromatic rings. The Balaban J connectivity index is 1.71. The van der Waals surface area contributed by atoms with E-state index >= 15 is 0 Å². The number of likely N-dealkylation sites (N-methyl/N-ethyl adjacent to an activating group) is 2. The van der Waals surface area contributed by atoms with Crippen molar-refractivity contribution in [1.29, 1.82) is 0 Å². The Kier molecular flexibility index (Phi) is 6.46. The number of rotatable bonds is 6. The number of aliphatic imine (C=N–C) groups is 1. The fourth-order valence-electron chi connectivity index (χ4n) is 3.35. The van der Waals surface area contributed by atoms with Gasteiger partial charge in [-0.2, -0.15) is 0 Å². The van der Waals surface area contributed by atoms with Crippen LogP contribution in [0.2, 0.25) is 0 Å². The maximum absolute atomic E-state index is 13.1. The molecular weight excluding hydrogens is 390 g/mol. The van der Waals surface area contributed by atoms with Gasteiger partial charge in [0.15, 0.2) is 17.4 Å². The second-order valence-electron chi connectivity index (χ2n) is 7.32. The van der Waals surface area contributed by atoms with Crippen LogP contribution in [-0.2, 0) is 16.1 Å². The van der Waals surface area contributed by atoms with Crippen molar-refractivity contribution in [3.05, 3.63) is 35.4 Å². The monoisotopic (exact) mass is 417 g/mol. The molecule has 2 atom stereocenters. The van der Waals surface area contributed by atoms with E-state index in [1.807, 2.05) is 38.1 Å². The number of aryl methyl sites for hydroxylation is 1. The van der Waals surface area contributed by atoms with Crippen LogP contribution >= 0.6 is 11.8 Å². The van der Waals surface area contributed by atoms with Crippen molar-refractivity contribution in [1.82, 2.24) is 20.0 Å². The smallest absolute Gasteiger partial charge is 0.328 e. The molecule has 3 rings (SSSR count). The third kappa shape index (κ3) is 4.39. The van der Waals surface area contributed by atoms with Crippen LogP contribution in [0.25, 0.3) is 0 Å². The number of benzene rings is 1. The van der Waals surface area contributed by atoms with Gasteiger partial charge in [-0.05, 0) is 18.9 Å². The lowest BCUT2D eigenvalue weighted by atomic mass is 10.1. The summed E-state index contributed by atoms with van der Waals surface area (Å²) in [6, 6.07) is 6.83. The topological polar surface area (TPSA) is 85.3 Å². The van der Waals surface area contributed by atoms with Gasteiger partial charge in [0.05, 0.1) is 12.3 Å². The van der Waals surface area contributed by atoms with Gasteiger partial charge in [0.1, 0.15) is 0 Å². The Hall–Kier alpha value is -2.55. The van der Waals surface area contributed by atoms with Crippen molar-refractivity contribution in [2.75, 3.05) is 26.4 Å². The van der Waals surface area contributed by atoms with E-state index in [0.717, 1.165) is 17.5 Å². The molecule has 1 fully saturated rings. The second kappa shape index (κ2) is 8.86. The zero-order valence-corrected chi connectivity index (χ0v) is 18.0. The number of carbonyl (C=O) groups excluding carboxylic acids is 3. The number of nitrogens with zero attached hydrogens (tertiary/aromatic N) is 4. The number of hydrogen-bond acceptors (Lipinski definition) is 6. The summed E-state index contributed by atoms with van der Waals surface area (Å²) < 4.78 is 0. The van der Waals surface area contributed by atoms with Gasteiger partial charge in [-0.25, -0.2) is 9.79 Å². The van der Waals surface area contributed by atoms with Crippen molar-refractivity contribution in [2.24, 2.45) is 4.99 Å². The maximum Gasteiger partial charge on any atom is 0.328 e. The van der Waals surface area contributed by atoms with E-state index in [1.54, 1.807) is 19.0 Å². The zero-order chi connectivity index (χ0) is 21.1. The van der Waals surface area contributed by atoms with Crippen LogP contribution in [0.15, 0.2) is 29.3 Å². The number of hydrogen-bond donors (Lipinski definition) is 1. The summed E-state index contributed by atoms with van der Waals surface area (Å²) in [5, 5.41) is 3.42. The molecule has 0 saturated carbocycles. The summed E-state index contributed by atoms with van der Waals surface area (Å²) in [5.74, 6) is -0.114. The third-order valence-corrected chi connectivity index (χ3v) is 6.12. The van der Waals surface area contributed by atoms with Crippen molar-refractivity contribution < 1.29 is 14.4 Å². The minimum atomic E-state index is -0.579. The van der Waals surface area contributed by atoms with Crippen molar-refractivity contribution in [2.45, 2.75) is 39.0 Å². The largest absolute Gasteiger partial charge is 0.355 e. The van der Waals surface area contributed by atoms with Gasteiger partial charge in [0.2, 0.25) is 5.91 Å². The molecule has 0 radical (unpaired) electrons. The van der Waals surface area contributed by atoms with Crippen LogP contribution in [0.5, 0.6) is 0 Å². The Morgan fingerprint density at radius 3 is 2.52 bits per heavy atom. The molecule has 0 aliphatic carbocycles. The number of thioether (sulfide) groups is 1. The maximum atomic E-state index is 13.1. The quantitative estimate of drug-likeness (QED) is 0.761. The van der Waals surface area contributed by atoms with Crippen LogP contribution in [-0.4, -0.2) is 76.3 Å². The molecule has 156 valence electrons. The van der Waals surface area contributed by atoms with E-state index in [1.165, 1.54) is 21.6 Å². The number of urea groups is 1. The van der Waals surface area contributed by atoms with Gasteiger partial charge in [-0.15, -0.1) is 0 Å². The predicted octanol–water partition coefficient (Wildman–Crippen LogP) is 1.64. The fourth-order valence-corrected chi connectivity index (χ4v) is 4.21. The molecular formula is C20H27N5O3S. The van der Waals surface area contributed by atoms with E-state index in [-0.39, 0.29) is 30.1 Å². The minimum Gasteiger partial charge on any atom is -0.355 e. The molecule has 2 heterocycles. The number of fused-ring (bicyclic) bond motifs is 1. The van der Waals surface area contributed by atoms with Crippen LogP contribution in [0, 0.1) is 6.92 Å². The van der Waals surface area contributed by atoms with Gasteiger partial charge in [0.25, 0.3) is 5.91 Å². The minimum absolute atomic E-state index is 0.0698. The first-order valence-electron chi connectivity index (χ1n) is 9.67. The molecule has 0 aromatic heterocycles. The third-order valence-electron chi connectivity index (χ3n) is 5.06. The van der Waals surface area contributed by atoms with Gasteiger partial charge in [-0.1, -0.05) is 48.5 Å². The lowest BCUT2D eigenvalue weighted by Gasteiger charge is -2.40. The molecule has 1 N–H and O–H groups in total. The molecule has 29 heavy (non-hydrogen) atoms. The standard InChI is InChI=1S/C20H27N5O3S/c1-5-10-21-15(26)12-29-19-22-17-16(23(19)3)18(27)25(20(28)24(17)4)11-14-8-6-13(2)7-9-14/h6-9,16-17H,5,10-12H2,1-4H3,(H,21,26). The predicted molar refractivity (Wildman–Crippen MR) is 113 cm³/mol. The summed E-state index contributed by atoms with van der Waals surface area (Å²) in [6.07, 6.45) is 0.301. The molecule has 4 amide bonds. The molecule has 8 nitrogen and oxygen atoms in total. The lowest BCUT2D eigenvalue weighted by molar-refractivity contribution is -0.137. The van der Waals surface area contributed by atoms with E-state index in [2.05, 4.69) is 10.3 Å². The summed E-state index contributed by atoms with van der Waals surface area (Å²) in [6.45, 7) is 4.84. The molecule has 1 saturated heterocycles. The molecule has 0 bridgehead atoms. The van der Waals surface area contributed by atoms with E-state index in [4.69, 9.17) is 0 Å². The Bertz CT molecular complexity index is 826. The van der Waals surface area contributed by atoms with E-state index in [9.17, 15) is 14.4 Å². The Morgan fingerprint density at radius 1 is 1.17 bits per heavy atom. The molecule has 0 spiro atoms. The summed E-state index contributed by atoms with van der Waals surface area (Å²) in [4.78, 5) is 47.0. The van der Waals surface area contributed by atoms with Gasteiger partial charge < -0.3 is 15.1 Å². The van der Waals surface area contributed by atoms with E-state index in [0.29, 0.717) is 11.7 Å². The summed E-state index contributed by atoms with van der Waals surface area (Å²) in [5.41, 5.74) is 2.02. The first-order chi connectivity index (χ1) is 13.8. The van der Waals surface area contributed by atoms with Crippen molar-refractivity contribution in [3.8, 4) is 0 Å².